The third-order valence-electron chi connectivity index (χ3n) is 3.12. The lowest BCUT2D eigenvalue weighted by molar-refractivity contribution is -0.121. The number of carbonyl (C=O) groups is 1. The van der Waals surface area contributed by atoms with Gasteiger partial charge in [-0.3, -0.25) is 9.69 Å². The number of ether oxygens (including phenoxy) is 2. The molecule has 1 heterocycles. The molecule has 0 spiro atoms. The van der Waals surface area contributed by atoms with E-state index in [1.165, 1.54) is 0 Å². The van der Waals surface area contributed by atoms with E-state index in [0.717, 1.165) is 17.9 Å². The number of para-hydroxylation sites is 1. The molecular formula is C14H20N2O3. The van der Waals surface area contributed by atoms with E-state index in [9.17, 15) is 4.79 Å². The highest BCUT2D eigenvalue weighted by Crippen LogP contribution is 2.17. The summed E-state index contributed by atoms with van der Waals surface area (Å²) in [5.41, 5.74) is 6.30. The normalized spacial score (nSPS) is 20.2. The predicted molar refractivity (Wildman–Crippen MR) is 72.0 cm³/mol. The molecule has 2 rings (SSSR count). The molecule has 19 heavy (non-hydrogen) atoms. The molecule has 2 N–H and O–H groups in total. The van der Waals surface area contributed by atoms with Gasteiger partial charge < -0.3 is 15.2 Å². The molecule has 1 fully saturated rings. The van der Waals surface area contributed by atoms with Gasteiger partial charge in [0.15, 0.2) is 0 Å². The van der Waals surface area contributed by atoms with Gasteiger partial charge in [0.05, 0.1) is 13.2 Å². The molecule has 104 valence electrons. The van der Waals surface area contributed by atoms with Crippen LogP contribution in [0, 0.1) is 6.92 Å². The van der Waals surface area contributed by atoms with Gasteiger partial charge in [-0.2, -0.15) is 0 Å². The zero-order valence-electron chi connectivity index (χ0n) is 11.2. The van der Waals surface area contributed by atoms with E-state index in [-0.39, 0.29) is 18.6 Å². The molecule has 1 saturated heterocycles. The van der Waals surface area contributed by atoms with Gasteiger partial charge in [-0.15, -0.1) is 0 Å². The number of nitrogens with zero attached hydrogens (tertiary/aromatic N) is 1. The van der Waals surface area contributed by atoms with E-state index in [1.54, 1.807) is 0 Å². The molecule has 0 bridgehead atoms. The molecule has 5 heteroatoms. The van der Waals surface area contributed by atoms with Crippen LogP contribution in [-0.2, 0) is 9.53 Å². The first-order chi connectivity index (χ1) is 9.15. The van der Waals surface area contributed by atoms with Gasteiger partial charge in [-0.05, 0) is 18.6 Å². The van der Waals surface area contributed by atoms with Crippen molar-refractivity contribution in [3.63, 3.8) is 0 Å². The average molecular weight is 264 g/mol. The second-order valence-corrected chi connectivity index (χ2v) is 4.77. The lowest BCUT2D eigenvalue weighted by atomic mass is 10.2. The molecule has 0 unspecified atom stereocenters. The van der Waals surface area contributed by atoms with Crippen molar-refractivity contribution in [2.24, 2.45) is 5.73 Å². The van der Waals surface area contributed by atoms with Crippen LogP contribution in [0.2, 0.25) is 0 Å². The number of hydrogen-bond donors (Lipinski definition) is 1. The maximum atomic E-state index is 10.9. The van der Waals surface area contributed by atoms with Crippen molar-refractivity contribution in [2.75, 3.05) is 32.8 Å². The Labute approximate surface area is 113 Å². The summed E-state index contributed by atoms with van der Waals surface area (Å²) in [6.07, 6.45) is -0.0206. The Morgan fingerprint density at radius 2 is 2.32 bits per heavy atom. The Balaban J connectivity index is 1.82. The van der Waals surface area contributed by atoms with Crippen molar-refractivity contribution < 1.29 is 14.3 Å². The summed E-state index contributed by atoms with van der Waals surface area (Å²) in [4.78, 5) is 12.9. The van der Waals surface area contributed by atoms with Gasteiger partial charge in [0.25, 0.3) is 0 Å². The van der Waals surface area contributed by atoms with E-state index in [1.807, 2.05) is 36.1 Å². The van der Waals surface area contributed by atoms with Crippen LogP contribution in [0.15, 0.2) is 24.3 Å². The summed E-state index contributed by atoms with van der Waals surface area (Å²) in [6.45, 7) is 4.80. The number of morpholine rings is 1. The third-order valence-corrected chi connectivity index (χ3v) is 3.12. The SMILES string of the molecule is Cc1ccccc1OC[C@@H]1CN(CC(N)=O)CCO1. The van der Waals surface area contributed by atoms with Gasteiger partial charge in [0.1, 0.15) is 18.5 Å². The molecule has 0 radical (unpaired) electrons. The van der Waals surface area contributed by atoms with Crippen LogP contribution < -0.4 is 10.5 Å². The number of amides is 1. The molecule has 1 aliphatic rings. The third kappa shape index (κ3) is 4.22. The summed E-state index contributed by atoms with van der Waals surface area (Å²) >= 11 is 0. The van der Waals surface area contributed by atoms with Crippen LogP contribution in [0.3, 0.4) is 0 Å². The minimum Gasteiger partial charge on any atom is -0.491 e. The molecule has 0 aliphatic carbocycles. The zero-order chi connectivity index (χ0) is 13.7. The number of nitrogens with two attached hydrogens (primary N) is 1. The molecule has 1 aliphatic heterocycles. The summed E-state index contributed by atoms with van der Waals surface area (Å²) in [7, 11) is 0. The zero-order valence-corrected chi connectivity index (χ0v) is 11.2. The van der Waals surface area contributed by atoms with Crippen molar-refractivity contribution in [3.05, 3.63) is 29.8 Å². The monoisotopic (exact) mass is 264 g/mol. The van der Waals surface area contributed by atoms with E-state index >= 15 is 0 Å². The first-order valence-electron chi connectivity index (χ1n) is 6.46. The highest BCUT2D eigenvalue weighted by Gasteiger charge is 2.22. The van der Waals surface area contributed by atoms with Crippen molar-refractivity contribution in [1.29, 1.82) is 0 Å². The number of carbonyl (C=O) groups excluding carboxylic acids is 1. The number of primary amides is 1. The van der Waals surface area contributed by atoms with E-state index in [0.29, 0.717) is 19.8 Å². The number of rotatable bonds is 5. The fourth-order valence-corrected chi connectivity index (χ4v) is 2.15. The van der Waals surface area contributed by atoms with E-state index < -0.39 is 0 Å². The minimum absolute atomic E-state index is 0.0206. The molecule has 1 aromatic carbocycles. The van der Waals surface area contributed by atoms with Gasteiger partial charge in [0.2, 0.25) is 5.91 Å². The first kappa shape index (κ1) is 13.8. The lowest BCUT2D eigenvalue weighted by Crippen LogP contribution is -2.47. The highest BCUT2D eigenvalue weighted by molar-refractivity contribution is 5.75. The Morgan fingerprint density at radius 3 is 3.05 bits per heavy atom. The first-order valence-corrected chi connectivity index (χ1v) is 6.46. The maximum absolute atomic E-state index is 10.9. The maximum Gasteiger partial charge on any atom is 0.231 e. The predicted octanol–water partition coefficient (Wildman–Crippen LogP) is 0.560. The minimum atomic E-state index is -0.305. The van der Waals surface area contributed by atoms with Crippen LogP contribution in [-0.4, -0.2) is 49.8 Å². The smallest absolute Gasteiger partial charge is 0.231 e. The molecule has 5 nitrogen and oxygen atoms in total. The topological polar surface area (TPSA) is 64.8 Å². The Hall–Kier alpha value is -1.59. The lowest BCUT2D eigenvalue weighted by Gasteiger charge is -2.31. The van der Waals surface area contributed by atoms with Crippen molar-refractivity contribution >= 4 is 5.91 Å². The van der Waals surface area contributed by atoms with E-state index in [2.05, 4.69) is 0 Å². The molecule has 0 saturated carbocycles. The highest BCUT2D eigenvalue weighted by atomic mass is 16.5. The Morgan fingerprint density at radius 1 is 1.53 bits per heavy atom. The number of hydrogen-bond acceptors (Lipinski definition) is 4. The molecule has 0 aromatic heterocycles. The van der Waals surface area contributed by atoms with E-state index in [4.69, 9.17) is 15.2 Å². The number of benzene rings is 1. The second kappa shape index (κ2) is 6.54. The standard InChI is InChI=1S/C14H20N2O3/c1-11-4-2-3-5-13(11)19-10-12-8-16(6-7-18-12)9-14(15)17/h2-5,12H,6-10H2,1H3,(H2,15,17)/t12-/m0/s1. The fourth-order valence-electron chi connectivity index (χ4n) is 2.15. The summed E-state index contributed by atoms with van der Waals surface area (Å²) in [6, 6.07) is 7.88. The van der Waals surface area contributed by atoms with Crippen LogP contribution >= 0.6 is 0 Å². The second-order valence-electron chi connectivity index (χ2n) is 4.77. The van der Waals surface area contributed by atoms with Gasteiger partial charge in [-0.25, -0.2) is 0 Å². The van der Waals surface area contributed by atoms with Gasteiger partial charge in [0, 0.05) is 13.1 Å². The molecule has 1 atom stereocenters. The summed E-state index contributed by atoms with van der Waals surface area (Å²) in [5.74, 6) is 0.568. The molecular weight excluding hydrogens is 244 g/mol. The number of aryl methyl sites for hydroxylation is 1. The van der Waals surface area contributed by atoms with Gasteiger partial charge in [-0.1, -0.05) is 18.2 Å². The van der Waals surface area contributed by atoms with Crippen LogP contribution in [0.1, 0.15) is 5.56 Å². The summed E-state index contributed by atoms with van der Waals surface area (Å²) in [5, 5.41) is 0. The van der Waals surface area contributed by atoms with Gasteiger partial charge >= 0.3 is 0 Å². The quantitative estimate of drug-likeness (QED) is 0.844. The van der Waals surface area contributed by atoms with Crippen molar-refractivity contribution in [1.82, 2.24) is 4.90 Å². The molecule has 1 aromatic rings. The van der Waals surface area contributed by atoms with Crippen LogP contribution in [0.5, 0.6) is 5.75 Å². The van der Waals surface area contributed by atoms with Crippen molar-refractivity contribution in [3.8, 4) is 5.75 Å². The average Bonchev–Trinajstić information content (AvgIpc) is 2.37. The van der Waals surface area contributed by atoms with Crippen LogP contribution in [0.4, 0.5) is 0 Å². The van der Waals surface area contributed by atoms with Crippen molar-refractivity contribution in [2.45, 2.75) is 13.0 Å². The fraction of sp³-hybridized carbons (Fsp3) is 0.500. The Bertz CT molecular complexity index is 436. The van der Waals surface area contributed by atoms with Crippen LogP contribution in [0.25, 0.3) is 0 Å². The Kier molecular flexibility index (Phi) is 4.76. The summed E-state index contributed by atoms with van der Waals surface area (Å²) < 4.78 is 11.4. The molecule has 1 amide bonds. The largest absolute Gasteiger partial charge is 0.491 e.